The Balaban J connectivity index is 1.81. The lowest BCUT2D eigenvalue weighted by atomic mass is 10.1. The van der Waals surface area contributed by atoms with Crippen LogP contribution in [0.3, 0.4) is 0 Å². The molecule has 2 aromatic rings. The van der Waals surface area contributed by atoms with Crippen molar-refractivity contribution in [1.29, 1.82) is 0 Å². The third-order valence-corrected chi connectivity index (χ3v) is 4.03. The Morgan fingerprint density at radius 3 is 2.62 bits per heavy atom. The minimum absolute atomic E-state index is 0.197. The van der Waals surface area contributed by atoms with E-state index in [1.807, 2.05) is 18.2 Å². The molecule has 2 N–H and O–H groups in total. The smallest absolute Gasteiger partial charge is 0.123 e. The fourth-order valence-corrected chi connectivity index (χ4v) is 2.84. The summed E-state index contributed by atoms with van der Waals surface area (Å²) in [5.41, 5.74) is 9.51. The van der Waals surface area contributed by atoms with Crippen molar-refractivity contribution in [2.75, 3.05) is 36.5 Å². The Labute approximate surface area is 124 Å². The van der Waals surface area contributed by atoms with Crippen LogP contribution >= 0.6 is 0 Å². The van der Waals surface area contributed by atoms with E-state index in [2.05, 4.69) is 29.0 Å². The lowest BCUT2D eigenvalue weighted by Crippen LogP contribution is -2.42. The van der Waals surface area contributed by atoms with Gasteiger partial charge in [0, 0.05) is 32.7 Å². The molecule has 0 saturated carbocycles. The Morgan fingerprint density at radius 1 is 1.10 bits per heavy atom. The zero-order chi connectivity index (χ0) is 14.8. The number of hydrogen-bond acceptors (Lipinski definition) is 3. The molecule has 0 amide bonds. The van der Waals surface area contributed by atoms with Crippen LogP contribution in [0.1, 0.15) is 11.6 Å². The zero-order valence-electron chi connectivity index (χ0n) is 12.2. The second-order valence-electron chi connectivity index (χ2n) is 5.52. The normalized spacial score (nSPS) is 15.8. The van der Waals surface area contributed by atoms with Crippen LogP contribution in [0.2, 0.25) is 0 Å². The summed E-state index contributed by atoms with van der Waals surface area (Å²) in [6.07, 6.45) is 0. The number of anilines is 2. The average Bonchev–Trinajstić information content (AvgIpc) is 2.50. The standard InChI is InChI=1S/C17H20FN3/c1-20-9-10-21(17-8-3-2-7-16(17)20)12-15(19)13-5-4-6-14(18)11-13/h2-8,11,15H,9-10,12,19H2,1H3. The van der Waals surface area contributed by atoms with Crippen LogP contribution in [0.4, 0.5) is 15.8 Å². The van der Waals surface area contributed by atoms with E-state index in [9.17, 15) is 4.39 Å². The molecular weight excluding hydrogens is 265 g/mol. The van der Waals surface area contributed by atoms with Gasteiger partial charge in [0.2, 0.25) is 0 Å². The number of nitrogens with zero attached hydrogens (tertiary/aromatic N) is 2. The van der Waals surface area contributed by atoms with Gasteiger partial charge >= 0.3 is 0 Å². The summed E-state index contributed by atoms with van der Waals surface area (Å²) < 4.78 is 13.3. The SMILES string of the molecule is CN1CCN(CC(N)c2cccc(F)c2)c2ccccc21. The zero-order valence-corrected chi connectivity index (χ0v) is 12.2. The van der Waals surface area contributed by atoms with Crippen molar-refractivity contribution in [1.82, 2.24) is 0 Å². The number of nitrogens with two attached hydrogens (primary N) is 1. The highest BCUT2D eigenvalue weighted by molar-refractivity contribution is 5.73. The number of halogens is 1. The van der Waals surface area contributed by atoms with Crippen LogP contribution in [0, 0.1) is 5.82 Å². The minimum Gasteiger partial charge on any atom is -0.371 e. The summed E-state index contributed by atoms with van der Waals surface area (Å²) in [7, 11) is 2.10. The summed E-state index contributed by atoms with van der Waals surface area (Å²) in [6, 6.07) is 14.7. The van der Waals surface area contributed by atoms with E-state index in [0.717, 1.165) is 18.7 Å². The van der Waals surface area contributed by atoms with E-state index in [-0.39, 0.29) is 11.9 Å². The molecule has 0 bridgehead atoms. The third kappa shape index (κ3) is 2.85. The van der Waals surface area contributed by atoms with Crippen molar-refractivity contribution < 1.29 is 4.39 Å². The molecule has 0 fully saturated rings. The first-order valence-electron chi connectivity index (χ1n) is 7.21. The molecule has 1 heterocycles. The summed E-state index contributed by atoms with van der Waals surface area (Å²) in [6.45, 7) is 2.58. The largest absolute Gasteiger partial charge is 0.371 e. The maximum absolute atomic E-state index is 13.3. The van der Waals surface area contributed by atoms with Crippen molar-refractivity contribution >= 4 is 11.4 Å². The molecule has 0 radical (unpaired) electrons. The van der Waals surface area contributed by atoms with Crippen molar-refractivity contribution in [2.24, 2.45) is 5.73 Å². The highest BCUT2D eigenvalue weighted by Crippen LogP contribution is 2.32. The van der Waals surface area contributed by atoms with Crippen LogP contribution in [-0.4, -0.2) is 26.7 Å². The molecular formula is C17H20FN3. The van der Waals surface area contributed by atoms with E-state index in [0.29, 0.717) is 6.54 Å². The number of fused-ring (bicyclic) bond motifs is 1. The topological polar surface area (TPSA) is 32.5 Å². The molecule has 110 valence electrons. The van der Waals surface area contributed by atoms with Gasteiger partial charge in [-0.25, -0.2) is 4.39 Å². The Bertz CT molecular complexity index is 629. The van der Waals surface area contributed by atoms with Crippen LogP contribution < -0.4 is 15.5 Å². The molecule has 1 aliphatic rings. The molecule has 0 aromatic heterocycles. The predicted molar refractivity (Wildman–Crippen MR) is 85.3 cm³/mol. The van der Waals surface area contributed by atoms with Gasteiger partial charge in [-0.2, -0.15) is 0 Å². The molecule has 4 heteroatoms. The monoisotopic (exact) mass is 285 g/mol. The minimum atomic E-state index is -0.235. The van der Waals surface area contributed by atoms with Gasteiger partial charge in [-0.1, -0.05) is 24.3 Å². The van der Waals surface area contributed by atoms with Crippen molar-refractivity contribution in [2.45, 2.75) is 6.04 Å². The van der Waals surface area contributed by atoms with Gasteiger partial charge in [0.05, 0.1) is 11.4 Å². The highest BCUT2D eigenvalue weighted by atomic mass is 19.1. The van der Waals surface area contributed by atoms with Gasteiger partial charge in [0.25, 0.3) is 0 Å². The van der Waals surface area contributed by atoms with Gasteiger partial charge in [-0.05, 0) is 29.8 Å². The van der Waals surface area contributed by atoms with E-state index in [1.165, 1.54) is 23.5 Å². The number of rotatable bonds is 3. The van der Waals surface area contributed by atoms with Gasteiger partial charge in [0.1, 0.15) is 5.82 Å². The lowest BCUT2D eigenvalue weighted by Gasteiger charge is -2.38. The van der Waals surface area contributed by atoms with E-state index in [4.69, 9.17) is 5.73 Å². The third-order valence-electron chi connectivity index (χ3n) is 4.03. The first kappa shape index (κ1) is 13.9. The maximum atomic E-state index is 13.3. The average molecular weight is 285 g/mol. The van der Waals surface area contributed by atoms with Crippen molar-refractivity contribution in [3.05, 3.63) is 59.9 Å². The number of likely N-dealkylation sites (N-methyl/N-ethyl adjacent to an activating group) is 1. The molecule has 0 saturated heterocycles. The van der Waals surface area contributed by atoms with Gasteiger partial charge in [-0.15, -0.1) is 0 Å². The molecule has 21 heavy (non-hydrogen) atoms. The van der Waals surface area contributed by atoms with Crippen molar-refractivity contribution in [3.8, 4) is 0 Å². The molecule has 1 unspecified atom stereocenters. The van der Waals surface area contributed by atoms with Gasteiger partial charge in [0.15, 0.2) is 0 Å². The first-order chi connectivity index (χ1) is 10.1. The summed E-state index contributed by atoms with van der Waals surface area (Å²) >= 11 is 0. The van der Waals surface area contributed by atoms with E-state index < -0.39 is 0 Å². The maximum Gasteiger partial charge on any atom is 0.123 e. The number of benzene rings is 2. The van der Waals surface area contributed by atoms with E-state index in [1.54, 1.807) is 6.07 Å². The van der Waals surface area contributed by atoms with Gasteiger partial charge < -0.3 is 15.5 Å². The fraction of sp³-hybridized carbons (Fsp3) is 0.294. The molecule has 1 aliphatic heterocycles. The Kier molecular flexibility index (Phi) is 3.80. The molecule has 1 atom stereocenters. The quantitative estimate of drug-likeness (QED) is 0.941. The fourth-order valence-electron chi connectivity index (χ4n) is 2.84. The lowest BCUT2D eigenvalue weighted by molar-refractivity contribution is 0.611. The van der Waals surface area contributed by atoms with Gasteiger partial charge in [-0.3, -0.25) is 0 Å². The molecule has 0 spiro atoms. The first-order valence-corrected chi connectivity index (χ1v) is 7.21. The van der Waals surface area contributed by atoms with E-state index >= 15 is 0 Å². The molecule has 0 aliphatic carbocycles. The van der Waals surface area contributed by atoms with Crippen LogP contribution in [-0.2, 0) is 0 Å². The second-order valence-corrected chi connectivity index (χ2v) is 5.52. The van der Waals surface area contributed by atoms with Crippen LogP contribution in [0.5, 0.6) is 0 Å². The Morgan fingerprint density at radius 2 is 1.86 bits per heavy atom. The molecule has 3 rings (SSSR count). The number of hydrogen-bond donors (Lipinski definition) is 1. The summed E-state index contributed by atoms with van der Waals surface area (Å²) in [5, 5.41) is 0. The molecule has 3 nitrogen and oxygen atoms in total. The predicted octanol–water partition coefficient (Wildman–Crippen LogP) is 2.78. The second kappa shape index (κ2) is 5.74. The summed E-state index contributed by atoms with van der Waals surface area (Å²) in [5.74, 6) is -0.235. The molecule has 2 aromatic carbocycles. The van der Waals surface area contributed by atoms with Crippen molar-refractivity contribution in [3.63, 3.8) is 0 Å². The Hall–Kier alpha value is -2.07. The highest BCUT2D eigenvalue weighted by Gasteiger charge is 2.21. The van der Waals surface area contributed by atoms with Crippen LogP contribution in [0.15, 0.2) is 48.5 Å². The summed E-state index contributed by atoms with van der Waals surface area (Å²) in [4.78, 5) is 4.53. The number of para-hydroxylation sites is 2. The van der Waals surface area contributed by atoms with Crippen LogP contribution in [0.25, 0.3) is 0 Å².